The Morgan fingerprint density at radius 1 is 1.40 bits per heavy atom. The van der Waals surface area contributed by atoms with Crippen molar-refractivity contribution in [2.45, 2.75) is 13.0 Å². The Labute approximate surface area is 88.4 Å². The van der Waals surface area contributed by atoms with Gasteiger partial charge in [-0.2, -0.15) is 0 Å². The molecule has 0 amide bonds. The van der Waals surface area contributed by atoms with Gasteiger partial charge in [0.2, 0.25) is 0 Å². The van der Waals surface area contributed by atoms with Gasteiger partial charge in [0.25, 0.3) is 0 Å². The van der Waals surface area contributed by atoms with E-state index >= 15 is 0 Å². The zero-order chi connectivity index (χ0) is 11.4. The molecule has 0 heterocycles. The van der Waals surface area contributed by atoms with E-state index in [1.807, 2.05) is 0 Å². The van der Waals surface area contributed by atoms with E-state index in [2.05, 4.69) is 4.74 Å². The first-order valence-electron chi connectivity index (χ1n) is 4.54. The van der Waals surface area contributed by atoms with Gasteiger partial charge in [-0.05, 0) is 25.1 Å². The second-order valence-electron chi connectivity index (χ2n) is 3.12. The largest absolute Gasteiger partial charge is 0.496 e. The van der Waals surface area contributed by atoms with Gasteiger partial charge in [0.05, 0.1) is 25.9 Å². The zero-order valence-electron chi connectivity index (χ0n) is 8.98. The van der Waals surface area contributed by atoms with Crippen molar-refractivity contribution in [3.8, 4) is 5.75 Å². The minimum absolute atomic E-state index is 0.397. The number of methoxy groups -OCH3 is 2. The first-order chi connectivity index (χ1) is 7.10. The van der Waals surface area contributed by atoms with Crippen LogP contribution in [0, 0.1) is 0 Å². The van der Waals surface area contributed by atoms with E-state index in [9.17, 15) is 9.90 Å². The maximum absolute atomic E-state index is 11.2. The fourth-order valence-corrected chi connectivity index (χ4v) is 1.31. The number of benzene rings is 1. The van der Waals surface area contributed by atoms with Gasteiger partial charge in [0.1, 0.15) is 5.75 Å². The molecule has 0 unspecified atom stereocenters. The molecule has 82 valence electrons. The molecule has 1 atom stereocenters. The van der Waals surface area contributed by atoms with Crippen molar-refractivity contribution in [3.63, 3.8) is 0 Å². The molecule has 1 aromatic rings. The Bertz CT molecular complexity index is 358. The first kappa shape index (κ1) is 11.5. The van der Waals surface area contributed by atoms with Crippen LogP contribution in [0.5, 0.6) is 5.75 Å². The van der Waals surface area contributed by atoms with Crippen LogP contribution in [0.3, 0.4) is 0 Å². The second-order valence-corrected chi connectivity index (χ2v) is 3.12. The van der Waals surface area contributed by atoms with E-state index in [1.165, 1.54) is 14.2 Å². The van der Waals surface area contributed by atoms with Crippen molar-refractivity contribution in [3.05, 3.63) is 29.3 Å². The Balaban J connectivity index is 3.16. The van der Waals surface area contributed by atoms with Gasteiger partial charge < -0.3 is 14.6 Å². The quantitative estimate of drug-likeness (QED) is 0.769. The Morgan fingerprint density at radius 2 is 2.07 bits per heavy atom. The molecule has 0 bridgehead atoms. The fourth-order valence-electron chi connectivity index (χ4n) is 1.31. The number of hydrogen-bond donors (Lipinski definition) is 1. The molecule has 0 aliphatic rings. The van der Waals surface area contributed by atoms with Crippen LogP contribution in [-0.2, 0) is 4.74 Å². The molecule has 15 heavy (non-hydrogen) atoms. The number of carbonyl (C=O) groups excluding carboxylic acids is 1. The SMILES string of the molecule is COC(=O)c1ccc(OC)c([C@@H](C)O)c1. The van der Waals surface area contributed by atoms with E-state index in [4.69, 9.17) is 4.74 Å². The molecule has 0 radical (unpaired) electrons. The molecule has 0 fully saturated rings. The molecule has 0 saturated carbocycles. The monoisotopic (exact) mass is 210 g/mol. The Kier molecular flexibility index (Phi) is 3.68. The van der Waals surface area contributed by atoms with Crippen molar-refractivity contribution in [2.24, 2.45) is 0 Å². The van der Waals surface area contributed by atoms with E-state index in [1.54, 1.807) is 25.1 Å². The Hall–Kier alpha value is -1.55. The zero-order valence-corrected chi connectivity index (χ0v) is 8.98. The summed E-state index contributed by atoms with van der Waals surface area (Å²) < 4.78 is 9.65. The third kappa shape index (κ3) is 2.47. The van der Waals surface area contributed by atoms with Crippen LogP contribution >= 0.6 is 0 Å². The summed E-state index contributed by atoms with van der Waals surface area (Å²) in [6, 6.07) is 4.79. The molecule has 0 aliphatic heterocycles. The third-order valence-electron chi connectivity index (χ3n) is 2.10. The summed E-state index contributed by atoms with van der Waals surface area (Å²) >= 11 is 0. The second kappa shape index (κ2) is 4.79. The molecule has 0 aromatic heterocycles. The van der Waals surface area contributed by atoms with Crippen LogP contribution in [0.1, 0.15) is 28.9 Å². The molecule has 0 aliphatic carbocycles. The van der Waals surface area contributed by atoms with Gasteiger partial charge in [-0.1, -0.05) is 0 Å². The van der Waals surface area contributed by atoms with E-state index in [-0.39, 0.29) is 0 Å². The predicted molar refractivity (Wildman–Crippen MR) is 55.0 cm³/mol. The van der Waals surface area contributed by atoms with Gasteiger partial charge in [-0.15, -0.1) is 0 Å². The number of aliphatic hydroxyl groups excluding tert-OH is 1. The van der Waals surface area contributed by atoms with Crippen LogP contribution in [0.25, 0.3) is 0 Å². The predicted octanol–water partition coefficient (Wildman–Crippen LogP) is 1.54. The fraction of sp³-hybridized carbons (Fsp3) is 0.364. The summed E-state index contributed by atoms with van der Waals surface area (Å²) in [4.78, 5) is 11.2. The van der Waals surface area contributed by atoms with Crippen molar-refractivity contribution < 1.29 is 19.4 Å². The van der Waals surface area contributed by atoms with Crippen LogP contribution in [0.15, 0.2) is 18.2 Å². The molecule has 4 heteroatoms. The van der Waals surface area contributed by atoms with Crippen LogP contribution < -0.4 is 4.74 Å². The highest BCUT2D eigenvalue weighted by Gasteiger charge is 2.13. The van der Waals surface area contributed by atoms with Crippen molar-refractivity contribution in [2.75, 3.05) is 14.2 Å². The summed E-state index contributed by atoms with van der Waals surface area (Å²) in [5.74, 6) is 0.122. The summed E-state index contributed by atoms with van der Waals surface area (Å²) in [6.45, 7) is 1.61. The topological polar surface area (TPSA) is 55.8 Å². The Morgan fingerprint density at radius 3 is 2.53 bits per heavy atom. The molecule has 0 spiro atoms. The highest BCUT2D eigenvalue weighted by atomic mass is 16.5. The van der Waals surface area contributed by atoms with Crippen LogP contribution in [0.4, 0.5) is 0 Å². The third-order valence-corrected chi connectivity index (χ3v) is 2.10. The number of hydrogen-bond acceptors (Lipinski definition) is 4. The average Bonchev–Trinajstić information content (AvgIpc) is 2.27. The van der Waals surface area contributed by atoms with Gasteiger partial charge in [-0.3, -0.25) is 0 Å². The number of ether oxygens (including phenoxy) is 2. The lowest BCUT2D eigenvalue weighted by atomic mass is 10.1. The number of rotatable bonds is 3. The van der Waals surface area contributed by atoms with Gasteiger partial charge in [-0.25, -0.2) is 4.79 Å². The van der Waals surface area contributed by atoms with E-state index in [0.29, 0.717) is 16.9 Å². The maximum Gasteiger partial charge on any atom is 0.337 e. The number of esters is 1. The summed E-state index contributed by atoms with van der Waals surface area (Å²) in [7, 11) is 2.83. The van der Waals surface area contributed by atoms with Crippen LogP contribution in [-0.4, -0.2) is 25.3 Å². The summed E-state index contributed by atoms with van der Waals surface area (Å²) in [5, 5.41) is 9.48. The standard InChI is InChI=1S/C11H14O4/c1-7(12)9-6-8(11(13)15-3)4-5-10(9)14-2/h4-7,12H,1-3H3/t7-/m1/s1. The normalized spacial score (nSPS) is 12.0. The molecule has 1 N–H and O–H groups in total. The average molecular weight is 210 g/mol. The van der Waals surface area contributed by atoms with Gasteiger partial charge >= 0.3 is 5.97 Å². The van der Waals surface area contributed by atoms with Gasteiger partial charge in [0.15, 0.2) is 0 Å². The molecular weight excluding hydrogens is 196 g/mol. The van der Waals surface area contributed by atoms with Crippen molar-refractivity contribution >= 4 is 5.97 Å². The van der Waals surface area contributed by atoms with Crippen LogP contribution in [0.2, 0.25) is 0 Å². The van der Waals surface area contributed by atoms with E-state index in [0.717, 1.165) is 0 Å². The summed E-state index contributed by atoms with van der Waals surface area (Å²) in [6.07, 6.45) is -0.690. The lowest BCUT2D eigenvalue weighted by Crippen LogP contribution is -2.04. The minimum atomic E-state index is -0.690. The van der Waals surface area contributed by atoms with Gasteiger partial charge in [0, 0.05) is 5.56 Å². The molecule has 4 nitrogen and oxygen atoms in total. The highest BCUT2D eigenvalue weighted by molar-refractivity contribution is 5.89. The first-order valence-corrected chi connectivity index (χ1v) is 4.54. The maximum atomic E-state index is 11.2. The molecule has 1 rings (SSSR count). The minimum Gasteiger partial charge on any atom is -0.496 e. The lowest BCUT2D eigenvalue weighted by molar-refractivity contribution is 0.0600. The molecule has 0 saturated heterocycles. The summed E-state index contributed by atoms with van der Waals surface area (Å²) in [5.41, 5.74) is 0.967. The number of carbonyl (C=O) groups is 1. The molecule has 1 aromatic carbocycles. The van der Waals surface area contributed by atoms with Crippen molar-refractivity contribution in [1.82, 2.24) is 0 Å². The lowest BCUT2D eigenvalue weighted by Gasteiger charge is -2.11. The smallest absolute Gasteiger partial charge is 0.337 e. The van der Waals surface area contributed by atoms with E-state index < -0.39 is 12.1 Å². The molecular formula is C11H14O4. The number of aliphatic hydroxyl groups is 1. The highest BCUT2D eigenvalue weighted by Crippen LogP contribution is 2.26. The van der Waals surface area contributed by atoms with Crippen molar-refractivity contribution in [1.29, 1.82) is 0 Å².